The quantitative estimate of drug-likeness (QED) is 0.690. The predicted octanol–water partition coefficient (Wildman–Crippen LogP) is 4.15. The van der Waals surface area contributed by atoms with Gasteiger partial charge in [0.1, 0.15) is 12.4 Å². The van der Waals surface area contributed by atoms with Gasteiger partial charge in [0, 0.05) is 17.3 Å². The van der Waals surface area contributed by atoms with Crippen molar-refractivity contribution >= 4 is 0 Å². The third kappa shape index (κ3) is 3.44. The van der Waals surface area contributed by atoms with Crippen LogP contribution < -0.4 is 14.2 Å². The molecule has 0 unspecified atom stereocenters. The summed E-state index contributed by atoms with van der Waals surface area (Å²) in [6.45, 7) is 2.57. The molecule has 0 amide bonds. The molecule has 0 saturated carbocycles. The van der Waals surface area contributed by atoms with Gasteiger partial charge in [-0.25, -0.2) is 9.37 Å². The van der Waals surface area contributed by atoms with Crippen LogP contribution in [0.15, 0.2) is 48.5 Å². The first-order chi connectivity index (χ1) is 12.7. The summed E-state index contributed by atoms with van der Waals surface area (Å²) in [4.78, 5) is 8.90. The molecule has 0 atom stereocenters. The molecule has 1 aliphatic heterocycles. The Kier molecular flexibility index (Phi) is 4.39. The molecule has 0 aliphatic carbocycles. The van der Waals surface area contributed by atoms with Crippen molar-refractivity contribution in [3.8, 4) is 28.8 Å². The summed E-state index contributed by atoms with van der Waals surface area (Å²) in [6, 6.07) is 13.7. The Morgan fingerprint density at radius 1 is 1.04 bits per heavy atom. The van der Waals surface area contributed by atoms with E-state index in [4.69, 9.17) is 14.2 Å². The summed E-state index contributed by atoms with van der Waals surface area (Å²) in [5, 5.41) is 0. The molecule has 0 spiro atoms. The Hall–Kier alpha value is -3.15. The van der Waals surface area contributed by atoms with Gasteiger partial charge in [0.15, 0.2) is 17.3 Å². The van der Waals surface area contributed by atoms with E-state index in [2.05, 4.69) is 9.97 Å². The lowest BCUT2D eigenvalue weighted by molar-refractivity contribution is 0.174. The molecule has 0 saturated heterocycles. The fraction of sp³-hybridized carbons (Fsp3) is 0.200. The van der Waals surface area contributed by atoms with Crippen LogP contribution in [0.5, 0.6) is 17.4 Å². The Balaban J connectivity index is 1.57. The summed E-state index contributed by atoms with van der Waals surface area (Å²) in [5.74, 6) is 2.02. The average molecular weight is 352 g/mol. The molecule has 5 nitrogen and oxygen atoms in total. The van der Waals surface area contributed by atoms with E-state index in [1.54, 1.807) is 18.2 Å². The molecule has 1 aliphatic rings. The largest absolute Gasteiger partial charge is 0.473 e. The summed E-state index contributed by atoms with van der Waals surface area (Å²) in [6.07, 6.45) is 0.727. The third-order valence-electron chi connectivity index (χ3n) is 4.02. The van der Waals surface area contributed by atoms with E-state index < -0.39 is 0 Å². The van der Waals surface area contributed by atoms with Crippen LogP contribution in [0.25, 0.3) is 11.4 Å². The lowest BCUT2D eigenvalue weighted by atomic mass is 10.2. The van der Waals surface area contributed by atoms with Gasteiger partial charge >= 0.3 is 0 Å². The Bertz CT molecular complexity index is 946. The fourth-order valence-electron chi connectivity index (χ4n) is 2.67. The predicted molar refractivity (Wildman–Crippen MR) is 93.7 cm³/mol. The second kappa shape index (κ2) is 7.00. The highest BCUT2D eigenvalue weighted by Crippen LogP contribution is 2.32. The Morgan fingerprint density at radius 2 is 1.92 bits per heavy atom. The molecule has 132 valence electrons. The van der Waals surface area contributed by atoms with Crippen molar-refractivity contribution in [2.24, 2.45) is 0 Å². The smallest absolute Gasteiger partial charge is 0.231 e. The molecule has 0 bridgehead atoms. The minimum absolute atomic E-state index is 0.239. The van der Waals surface area contributed by atoms with Crippen LogP contribution >= 0.6 is 0 Å². The number of fused-ring (bicyclic) bond motifs is 1. The van der Waals surface area contributed by atoms with Crippen molar-refractivity contribution < 1.29 is 18.6 Å². The Labute approximate surface area is 150 Å². The number of ether oxygens (including phenoxy) is 3. The molecule has 2 heterocycles. The molecule has 1 aromatic heterocycles. The lowest BCUT2D eigenvalue weighted by Gasteiger charge is -2.10. The van der Waals surface area contributed by atoms with E-state index in [1.807, 2.05) is 25.1 Å². The minimum atomic E-state index is -0.323. The van der Waals surface area contributed by atoms with Gasteiger partial charge in [-0.2, -0.15) is 4.98 Å². The van der Waals surface area contributed by atoms with Crippen molar-refractivity contribution in [2.75, 3.05) is 6.79 Å². The molecule has 4 rings (SSSR count). The fourth-order valence-corrected chi connectivity index (χ4v) is 2.67. The van der Waals surface area contributed by atoms with Crippen molar-refractivity contribution in [1.29, 1.82) is 0 Å². The summed E-state index contributed by atoms with van der Waals surface area (Å²) >= 11 is 0. The number of aryl methyl sites for hydroxylation is 1. The van der Waals surface area contributed by atoms with Gasteiger partial charge in [-0.1, -0.05) is 25.1 Å². The normalized spacial score (nSPS) is 12.2. The van der Waals surface area contributed by atoms with Gasteiger partial charge in [0.2, 0.25) is 12.7 Å². The van der Waals surface area contributed by atoms with Gasteiger partial charge < -0.3 is 14.2 Å². The van der Waals surface area contributed by atoms with E-state index in [0.717, 1.165) is 23.4 Å². The van der Waals surface area contributed by atoms with Crippen molar-refractivity contribution in [3.63, 3.8) is 0 Å². The zero-order valence-electron chi connectivity index (χ0n) is 14.2. The zero-order valence-corrected chi connectivity index (χ0v) is 14.2. The molecule has 6 heteroatoms. The maximum atomic E-state index is 13.5. The molecular weight excluding hydrogens is 335 g/mol. The summed E-state index contributed by atoms with van der Waals surface area (Å²) in [5.41, 5.74) is 2.39. The van der Waals surface area contributed by atoms with E-state index in [9.17, 15) is 4.39 Å². The number of aromatic nitrogens is 2. The molecule has 0 N–H and O–H groups in total. The first-order valence-corrected chi connectivity index (χ1v) is 8.36. The second-order valence-corrected chi connectivity index (χ2v) is 5.86. The van der Waals surface area contributed by atoms with Crippen molar-refractivity contribution in [1.82, 2.24) is 9.97 Å². The van der Waals surface area contributed by atoms with Crippen molar-refractivity contribution in [3.05, 3.63) is 65.6 Å². The summed E-state index contributed by atoms with van der Waals surface area (Å²) in [7, 11) is 0. The molecule has 2 aromatic carbocycles. The highest BCUT2D eigenvalue weighted by atomic mass is 19.1. The summed E-state index contributed by atoms with van der Waals surface area (Å²) < 4.78 is 30.0. The lowest BCUT2D eigenvalue weighted by Crippen LogP contribution is -2.02. The SMILES string of the molecule is CCc1cc(OCc2ccc3c(c2)OCO3)nc(-c2cccc(F)c2)n1. The molecular formula is C20H17FN2O3. The highest BCUT2D eigenvalue weighted by molar-refractivity contribution is 5.55. The van der Waals surface area contributed by atoms with Gasteiger partial charge in [0.25, 0.3) is 0 Å². The van der Waals surface area contributed by atoms with E-state index >= 15 is 0 Å². The van der Waals surface area contributed by atoms with Gasteiger partial charge in [-0.15, -0.1) is 0 Å². The first kappa shape index (κ1) is 16.3. The highest BCUT2D eigenvalue weighted by Gasteiger charge is 2.14. The molecule has 0 radical (unpaired) electrons. The number of halogens is 1. The van der Waals surface area contributed by atoms with Crippen LogP contribution in [0.1, 0.15) is 18.2 Å². The van der Waals surface area contributed by atoms with Crippen LogP contribution in [-0.2, 0) is 13.0 Å². The number of benzene rings is 2. The number of hydrogen-bond acceptors (Lipinski definition) is 5. The second-order valence-electron chi connectivity index (χ2n) is 5.86. The maximum Gasteiger partial charge on any atom is 0.231 e. The monoisotopic (exact) mass is 352 g/mol. The molecule has 0 fully saturated rings. The van der Waals surface area contributed by atoms with Gasteiger partial charge in [-0.05, 0) is 36.2 Å². The van der Waals surface area contributed by atoms with E-state index in [1.165, 1.54) is 12.1 Å². The van der Waals surface area contributed by atoms with Crippen LogP contribution in [0, 0.1) is 5.82 Å². The zero-order chi connectivity index (χ0) is 17.9. The number of nitrogens with zero attached hydrogens (tertiary/aromatic N) is 2. The van der Waals surface area contributed by atoms with Crippen LogP contribution in [0.3, 0.4) is 0 Å². The average Bonchev–Trinajstić information content (AvgIpc) is 3.14. The van der Waals surface area contributed by atoms with Crippen LogP contribution in [-0.4, -0.2) is 16.8 Å². The number of hydrogen-bond donors (Lipinski definition) is 0. The Morgan fingerprint density at radius 3 is 2.77 bits per heavy atom. The number of rotatable bonds is 5. The van der Waals surface area contributed by atoms with Crippen molar-refractivity contribution in [2.45, 2.75) is 20.0 Å². The van der Waals surface area contributed by atoms with Crippen LogP contribution in [0.2, 0.25) is 0 Å². The molecule has 26 heavy (non-hydrogen) atoms. The first-order valence-electron chi connectivity index (χ1n) is 8.36. The molecule has 3 aromatic rings. The standard InChI is InChI=1S/C20H17FN2O3/c1-2-16-10-19(23-20(22-16)14-4-3-5-15(21)9-14)24-11-13-6-7-17-18(8-13)26-12-25-17/h3-10H,2,11-12H2,1H3. The maximum absolute atomic E-state index is 13.5. The third-order valence-corrected chi connectivity index (χ3v) is 4.02. The minimum Gasteiger partial charge on any atom is -0.473 e. The van der Waals surface area contributed by atoms with E-state index in [0.29, 0.717) is 29.6 Å². The van der Waals surface area contributed by atoms with Gasteiger partial charge in [0.05, 0.1) is 0 Å². The van der Waals surface area contributed by atoms with Gasteiger partial charge in [-0.3, -0.25) is 0 Å². The van der Waals surface area contributed by atoms with E-state index in [-0.39, 0.29) is 12.6 Å². The van der Waals surface area contributed by atoms with Crippen LogP contribution in [0.4, 0.5) is 4.39 Å². The topological polar surface area (TPSA) is 53.5 Å².